The van der Waals surface area contributed by atoms with Crippen molar-refractivity contribution >= 4 is 0 Å². The molecular formula is C13H22F3N3O. The van der Waals surface area contributed by atoms with Crippen molar-refractivity contribution in [3.63, 3.8) is 0 Å². The molecule has 1 aromatic rings. The molecule has 0 radical (unpaired) electrons. The molecule has 1 atom stereocenters. The highest BCUT2D eigenvalue weighted by molar-refractivity contribution is 5.00. The molecule has 1 rings (SSSR count). The Kier molecular flexibility index (Phi) is 7.01. The maximum absolute atomic E-state index is 12.1. The van der Waals surface area contributed by atoms with Crippen LogP contribution in [0.5, 0.6) is 0 Å². The molecule has 1 unspecified atom stereocenters. The van der Waals surface area contributed by atoms with E-state index in [1.54, 1.807) is 10.9 Å². The van der Waals surface area contributed by atoms with Crippen LogP contribution in [0.1, 0.15) is 25.5 Å². The highest BCUT2D eigenvalue weighted by Crippen LogP contribution is 2.15. The van der Waals surface area contributed by atoms with E-state index in [1.807, 2.05) is 20.0 Å². The molecule has 1 heterocycles. The van der Waals surface area contributed by atoms with Crippen LogP contribution in [-0.2, 0) is 18.2 Å². The summed E-state index contributed by atoms with van der Waals surface area (Å²) in [5.41, 5.74) is 1.06. The second-order valence-electron chi connectivity index (χ2n) is 4.77. The van der Waals surface area contributed by atoms with Gasteiger partial charge >= 0.3 is 6.18 Å². The van der Waals surface area contributed by atoms with Crippen LogP contribution in [0, 0.1) is 0 Å². The topological polar surface area (TPSA) is 39.1 Å². The van der Waals surface area contributed by atoms with Gasteiger partial charge in [-0.15, -0.1) is 0 Å². The number of halogens is 3. The number of aromatic nitrogens is 2. The predicted molar refractivity (Wildman–Crippen MR) is 70.5 cm³/mol. The Bertz CT molecular complexity index is 379. The highest BCUT2D eigenvalue weighted by atomic mass is 19.4. The minimum atomic E-state index is -4.27. The van der Waals surface area contributed by atoms with E-state index in [9.17, 15) is 13.2 Å². The van der Waals surface area contributed by atoms with Crippen molar-refractivity contribution in [2.45, 2.75) is 38.4 Å². The van der Waals surface area contributed by atoms with Crippen LogP contribution in [0.3, 0.4) is 0 Å². The maximum atomic E-state index is 12.1. The molecule has 1 aromatic heterocycles. The Morgan fingerprint density at radius 3 is 2.75 bits per heavy atom. The molecular weight excluding hydrogens is 271 g/mol. The number of hydrogen-bond donors (Lipinski definition) is 1. The molecule has 0 spiro atoms. The van der Waals surface area contributed by atoms with Crippen LogP contribution < -0.4 is 5.32 Å². The van der Waals surface area contributed by atoms with Gasteiger partial charge < -0.3 is 10.1 Å². The lowest BCUT2D eigenvalue weighted by Crippen LogP contribution is -2.36. The molecule has 4 nitrogen and oxygen atoms in total. The number of nitrogens with one attached hydrogen (secondary N) is 1. The molecule has 20 heavy (non-hydrogen) atoms. The molecule has 0 aliphatic heterocycles. The Balaban J connectivity index is 2.37. The van der Waals surface area contributed by atoms with E-state index in [2.05, 4.69) is 10.4 Å². The third-order valence-corrected chi connectivity index (χ3v) is 2.94. The van der Waals surface area contributed by atoms with Crippen molar-refractivity contribution in [2.24, 2.45) is 7.05 Å². The minimum Gasteiger partial charge on any atom is -0.370 e. The first-order chi connectivity index (χ1) is 9.42. The maximum Gasteiger partial charge on any atom is 0.411 e. The first-order valence-electron chi connectivity index (χ1n) is 6.77. The van der Waals surface area contributed by atoms with Crippen LogP contribution in [0.2, 0.25) is 0 Å². The second kappa shape index (κ2) is 8.26. The highest BCUT2D eigenvalue weighted by Gasteiger charge is 2.27. The van der Waals surface area contributed by atoms with E-state index in [1.165, 1.54) is 0 Å². The summed E-state index contributed by atoms with van der Waals surface area (Å²) in [6.45, 7) is 1.66. The van der Waals surface area contributed by atoms with Crippen molar-refractivity contribution in [1.29, 1.82) is 0 Å². The van der Waals surface area contributed by atoms with Gasteiger partial charge in [0, 0.05) is 25.0 Å². The lowest BCUT2D eigenvalue weighted by Gasteiger charge is -2.19. The molecule has 0 saturated carbocycles. The Hall–Kier alpha value is -1.08. The first kappa shape index (κ1) is 17.0. The van der Waals surface area contributed by atoms with Crippen LogP contribution in [0.4, 0.5) is 13.2 Å². The SMILES string of the molecule is CCCNC(CCc1ccnn1C)COCC(F)(F)F. The molecule has 7 heteroatoms. The molecule has 0 amide bonds. The van der Waals surface area contributed by atoms with E-state index in [0.717, 1.165) is 31.5 Å². The molecule has 0 aliphatic rings. The fraction of sp³-hybridized carbons (Fsp3) is 0.769. The normalized spacial score (nSPS) is 13.7. The predicted octanol–water partition coefficient (Wildman–Crippen LogP) is 2.30. The summed E-state index contributed by atoms with van der Waals surface area (Å²) in [7, 11) is 1.85. The van der Waals surface area contributed by atoms with Crippen LogP contribution in [0.15, 0.2) is 12.3 Å². The Morgan fingerprint density at radius 2 is 2.20 bits per heavy atom. The van der Waals surface area contributed by atoms with Gasteiger partial charge in [0.1, 0.15) is 6.61 Å². The third-order valence-electron chi connectivity index (χ3n) is 2.94. The van der Waals surface area contributed by atoms with Crippen molar-refractivity contribution in [3.8, 4) is 0 Å². The van der Waals surface area contributed by atoms with E-state index in [0.29, 0.717) is 0 Å². The summed E-state index contributed by atoms with van der Waals surface area (Å²) >= 11 is 0. The number of rotatable bonds is 9. The van der Waals surface area contributed by atoms with E-state index < -0.39 is 12.8 Å². The quantitative estimate of drug-likeness (QED) is 0.759. The number of aryl methyl sites for hydroxylation is 2. The number of alkyl halides is 3. The fourth-order valence-electron chi connectivity index (χ4n) is 1.88. The average molecular weight is 293 g/mol. The largest absolute Gasteiger partial charge is 0.411 e. The molecule has 0 saturated heterocycles. The minimum absolute atomic E-state index is 0.0668. The van der Waals surface area contributed by atoms with Gasteiger partial charge in [0.15, 0.2) is 0 Å². The van der Waals surface area contributed by atoms with Crippen LogP contribution in [0.25, 0.3) is 0 Å². The molecule has 0 bridgehead atoms. The smallest absolute Gasteiger partial charge is 0.370 e. The van der Waals surface area contributed by atoms with Crippen molar-refractivity contribution in [1.82, 2.24) is 15.1 Å². The monoisotopic (exact) mass is 293 g/mol. The van der Waals surface area contributed by atoms with Gasteiger partial charge in [-0.2, -0.15) is 18.3 Å². The number of nitrogens with zero attached hydrogens (tertiary/aromatic N) is 2. The van der Waals surface area contributed by atoms with Crippen molar-refractivity contribution < 1.29 is 17.9 Å². The van der Waals surface area contributed by atoms with Gasteiger partial charge in [-0.25, -0.2) is 0 Å². The van der Waals surface area contributed by atoms with Gasteiger partial charge in [0.2, 0.25) is 0 Å². The van der Waals surface area contributed by atoms with Gasteiger partial charge in [0.05, 0.1) is 6.61 Å². The summed E-state index contributed by atoms with van der Waals surface area (Å²) < 4.78 is 42.7. The van der Waals surface area contributed by atoms with Crippen LogP contribution in [-0.4, -0.2) is 41.8 Å². The lowest BCUT2D eigenvalue weighted by atomic mass is 10.1. The molecule has 116 valence electrons. The van der Waals surface area contributed by atoms with Gasteiger partial charge in [-0.1, -0.05) is 6.92 Å². The average Bonchev–Trinajstić information content (AvgIpc) is 2.76. The standard InChI is InChI=1S/C13H22F3N3O/c1-3-7-17-11(9-20-10-13(14,15)16)4-5-12-6-8-18-19(12)2/h6,8,11,17H,3-5,7,9-10H2,1-2H3. The molecule has 0 aromatic carbocycles. The zero-order chi connectivity index (χ0) is 15.0. The number of hydrogen-bond acceptors (Lipinski definition) is 3. The molecule has 0 fully saturated rings. The number of ether oxygens (including phenoxy) is 1. The van der Waals surface area contributed by atoms with E-state index in [-0.39, 0.29) is 12.6 Å². The van der Waals surface area contributed by atoms with E-state index in [4.69, 9.17) is 4.74 Å². The Labute approximate surface area is 117 Å². The summed E-state index contributed by atoms with van der Waals surface area (Å²) in [5.74, 6) is 0. The first-order valence-corrected chi connectivity index (χ1v) is 6.77. The van der Waals surface area contributed by atoms with Crippen LogP contribution >= 0.6 is 0 Å². The van der Waals surface area contributed by atoms with Gasteiger partial charge in [-0.3, -0.25) is 4.68 Å². The molecule has 1 N–H and O–H groups in total. The van der Waals surface area contributed by atoms with Gasteiger partial charge in [0.25, 0.3) is 0 Å². The summed E-state index contributed by atoms with van der Waals surface area (Å²) in [4.78, 5) is 0. The molecule has 0 aliphatic carbocycles. The van der Waals surface area contributed by atoms with E-state index >= 15 is 0 Å². The van der Waals surface area contributed by atoms with Crippen molar-refractivity contribution in [2.75, 3.05) is 19.8 Å². The lowest BCUT2D eigenvalue weighted by molar-refractivity contribution is -0.175. The zero-order valence-corrected chi connectivity index (χ0v) is 11.9. The Morgan fingerprint density at radius 1 is 1.45 bits per heavy atom. The summed E-state index contributed by atoms with van der Waals surface area (Å²) in [5, 5.41) is 7.28. The second-order valence-corrected chi connectivity index (χ2v) is 4.77. The third kappa shape index (κ3) is 6.91. The summed E-state index contributed by atoms with van der Waals surface area (Å²) in [6, 6.07) is 1.83. The zero-order valence-electron chi connectivity index (χ0n) is 11.9. The van der Waals surface area contributed by atoms with Gasteiger partial charge in [-0.05, 0) is 31.9 Å². The summed E-state index contributed by atoms with van der Waals surface area (Å²) in [6.07, 6.45) is -0.145. The fourth-order valence-corrected chi connectivity index (χ4v) is 1.88. The van der Waals surface area contributed by atoms with Crippen molar-refractivity contribution in [3.05, 3.63) is 18.0 Å².